The lowest BCUT2D eigenvalue weighted by atomic mass is 10.1. The second-order valence-electron chi connectivity index (χ2n) is 5.13. The number of hydrogen-bond donors (Lipinski definition) is 1. The number of ether oxygens (including phenoxy) is 1. The molecule has 0 aliphatic carbocycles. The van der Waals surface area contributed by atoms with Gasteiger partial charge in [-0.05, 0) is 43.7 Å². The topological polar surface area (TPSA) is 64.1 Å². The molecule has 0 bridgehead atoms. The van der Waals surface area contributed by atoms with Gasteiger partial charge in [-0.3, -0.25) is 0 Å². The van der Waals surface area contributed by atoms with E-state index in [9.17, 15) is 4.79 Å². The third kappa shape index (κ3) is 3.29. The van der Waals surface area contributed by atoms with Gasteiger partial charge in [0.2, 0.25) is 5.95 Å². The Balaban J connectivity index is 1.82. The first-order valence-corrected chi connectivity index (χ1v) is 7.44. The summed E-state index contributed by atoms with van der Waals surface area (Å²) in [4.78, 5) is 20.5. The standard InChI is InChI=1S/C18H17N3O2/c1-3-23-17(22)13-7-9-15(10-8-13)20-18-19-11-14-6-4-5-12(2)16(14)21-18/h4-11H,3H2,1-2H3,(H,19,20,21). The van der Waals surface area contributed by atoms with Crippen LogP contribution in [0.2, 0.25) is 0 Å². The van der Waals surface area contributed by atoms with Crippen LogP contribution >= 0.6 is 0 Å². The maximum Gasteiger partial charge on any atom is 0.338 e. The fourth-order valence-electron chi connectivity index (χ4n) is 2.30. The number of nitrogens with zero attached hydrogens (tertiary/aromatic N) is 2. The highest BCUT2D eigenvalue weighted by molar-refractivity contribution is 5.90. The fraction of sp³-hybridized carbons (Fsp3) is 0.167. The predicted octanol–water partition coefficient (Wildman–Crippen LogP) is 3.86. The molecular formula is C18H17N3O2. The molecule has 116 valence electrons. The number of aryl methyl sites for hydroxylation is 1. The molecule has 5 heteroatoms. The van der Waals surface area contributed by atoms with Crippen LogP contribution in [0.5, 0.6) is 0 Å². The maximum absolute atomic E-state index is 11.6. The van der Waals surface area contributed by atoms with E-state index in [1.165, 1.54) is 0 Å². The van der Waals surface area contributed by atoms with Crippen LogP contribution in [0.3, 0.4) is 0 Å². The zero-order valence-electron chi connectivity index (χ0n) is 13.0. The molecule has 1 N–H and O–H groups in total. The summed E-state index contributed by atoms with van der Waals surface area (Å²) in [6.07, 6.45) is 1.80. The molecule has 0 aliphatic rings. The predicted molar refractivity (Wildman–Crippen MR) is 90.0 cm³/mol. The Morgan fingerprint density at radius 3 is 2.70 bits per heavy atom. The van der Waals surface area contributed by atoms with Crippen molar-refractivity contribution in [3.8, 4) is 0 Å². The van der Waals surface area contributed by atoms with Crippen LogP contribution < -0.4 is 5.32 Å². The summed E-state index contributed by atoms with van der Waals surface area (Å²) in [5, 5.41) is 4.15. The number of benzene rings is 2. The van der Waals surface area contributed by atoms with Crippen molar-refractivity contribution < 1.29 is 9.53 Å². The molecular weight excluding hydrogens is 290 g/mol. The van der Waals surface area contributed by atoms with Crippen LogP contribution in [-0.4, -0.2) is 22.5 Å². The molecule has 0 saturated heterocycles. The van der Waals surface area contributed by atoms with E-state index in [0.29, 0.717) is 18.1 Å². The van der Waals surface area contributed by atoms with E-state index in [2.05, 4.69) is 15.3 Å². The normalized spacial score (nSPS) is 10.5. The summed E-state index contributed by atoms with van der Waals surface area (Å²) in [6, 6.07) is 13.0. The largest absolute Gasteiger partial charge is 0.462 e. The smallest absolute Gasteiger partial charge is 0.338 e. The molecule has 0 amide bonds. The number of para-hydroxylation sites is 1. The van der Waals surface area contributed by atoms with Gasteiger partial charge in [-0.1, -0.05) is 18.2 Å². The summed E-state index contributed by atoms with van der Waals surface area (Å²) in [5.74, 6) is 0.201. The van der Waals surface area contributed by atoms with Crippen LogP contribution in [0.1, 0.15) is 22.8 Å². The van der Waals surface area contributed by atoms with Crippen LogP contribution in [0.25, 0.3) is 10.9 Å². The molecule has 3 rings (SSSR count). The van der Waals surface area contributed by atoms with Crippen molar-refractivity contribution in [1.82, 2.24) is 9.97 Å². The first kappa shape index (κ1) is 15.0. The summed E-state index contributed by atoms with van der Waals surface area (Å²) >= 11 is 0. The number of aromatic nitrogens is 2. The Labute approximate surface area is 134 Å². The number of hydrogen-bond acceptors (Lipinski definition) is 5. The minimum Gasteiger partial charge on any atom is -0.462 e. The van der Waals surface area contributed by atoms with Gasteiger partial charge >= 0.3 is 5.97 Å². The number of rotatable bonds is 4. The van der Waals surface area contributed by atoms with Crippen molar-refractivity contribution >= 4 is 28.5 Å². The second kappa shape index (κ2) is 6.44. The molecule has 5 nitrogen and oxygen atoms in total. The van der Waals surface area contributed by atoms with Crippen LogP contribution in [-0.2, 0) is 4.74 Å². The molecule has 0 spiro atoms. The lowest BCUT2D eigenvalue weighted by molar-refractivity contribution is 0.0526. The third-order valence-electron chi connectivity index (χ3n) is 3.46. The quantitative estimate of drug-likeness (QED) is 0.741. The van der Waals surface area contributed by atoms with Crippen LogP contribution in [0.15, 0.2) is 48.7 Å². The molecule has 0 unspecified atom stereocenters. The summed E-state index contributed by atoms with van der Waals surface area (Å²) in [5.41, 5.74) is 3.36. The molecule has 1 aromatic heterocycles. The number of carbonyl (C=O) groups is 1. The number of carbonyl (C=O) groups excluding carboxylic acids is 1. The van der Waals surface area contributed by atoms with Gasteiger partial charge in [-0.25, -0.2) is 14.8 Å². The van der Waals surface area contributed by atoms with Gasteiger partial charge in [0.05, 0.1) is 17.7 Å². The van der Waals surface area contributed by atoms with Crippen molar-refractivity contribution in [2.75, 3.05) is 11.9 Å². The SMILES string of the molecule is CCOC(=O)c1ccc(Nc2ncc3cccc(C)c3n2)cc1. The van der Waals surface area contributed by atoms with Crippen LogP contribution in [0, 0.1) is 6.92 Å². The Kier molecular flexibility index (Phi) is 4.19. The highest BCUT2D eigenvalue weighted by atomic mass is 16.5. The van der Waals surface area contributed by atoms with E-state index in [1.54, 1.807) is 37.4 Å². The van der Waals surface area contributed by atoms with E-state index in [-0.39, 0.29) is 5.97 Å². The molecule has 2 aromatic carbocycles. The first-order chi connectivity index (χ1) is 11.2. The van der Waals surface area contributed by atoms with Crippen molar-refractivity contribution in [3.05, 3.63) is 59.8 Å². The molecule has 1 heterocycles. The van der Waals surface area contributed by atoms with Gasteiger partial charge in [-0.15, -0.1) is 0 Å². The Hall–Kier alpha value is -2.95. The van der Waals surface area contributed by atoms with Gasteiger partial charge in [0, 0.05) is 17.3 Å². The number of fused-ring (bicyclic) bond motifs is 1. The minimum atomic E-state index is -0.323. The summed E-state index contributed by atoms with van der Waals surface area (Å²) in [7, 11) is 0. The summed E-state index contributed by atoms with van der Waals surface area (Å²) < 4.78 is 4.96. The molecule has 0 saturated carbocycles. The van der Waals surface area contributed by atoms with Crippen LogP contribution in [0.4, 0.5) is 11.6 Å². The van der Waals surface area contributed by atoms with E-state index >= 15 is 0 Å². The fourth-order valence-corrected chi connectivity index (χ4v) is 2.30. The monoisotopic (exact) mass is 307 g/mol. The lowest BCUT2D eigenvalue weighted by Crippen LogP contribution is -2.04. The maximum atomic E-state index is 11.6. The first-order valence-electron chi connectivity index (χ1n) is 7.44. The van der Waals surface area contributed by atoms with Gasteiger partial charge in [0.1, 0.15) is 0 Å². The third-order valence-corrected chi connectivity index (χ3v) is 3.46. The van der Waals surface area contributed by atoms with E-state index in [1.807, 2.05) is 25.1 Å². The zero-order valence-corrected chi connectivity index (χ0v) is 13.0. The average molecular weight is 307 g/mol. The zero-order chi connectivity index (χ0) is 16.2. The number of anilines is 2. The number of nitrogens with one attached hydrogen (secondary N) is 1. The van der Waals surface area contributed by atoms with Crippen molar-refractivity contribution in [1.29, 1.82) is 0 Å². The molecule has 0 aliphatic heterocycles. The highest BCUT2D eigenvalue weighted by Gasteiger charge is 2.07. The Morgan fingerprint density at radius 1 is 1.17 bits per heavy atom. The second-order valence-corrected chi connectivity index (χ2v) is 5.13. The van der Waals surface area contributed by atoms with Gasteiger partial charge < -0.3 is 10.1 Å². The average Bonchev–Trinajstić information content (AvgIpc) is 2.56. The Morgan fingerprint density at radius 2 is 1.96 bits per heavy atom. The molecule has 3 aromatic rings. The van der Waals surface area contributed by atoms with Gasteiger partial charge in [0.15, 0.2) is 0 Å². The molecule has 0 fully saturated rings. The van der Waals surface area contributed by atoms with Crippen molar-refractivity contribution in [2.45, 2.75) is 13.8 Å². The molecule has 23 heavy (non-hydrogen) atoms. The van der Waals surface area contributed by atoms with Gasteiger partial charge in [-0.2, -0.15) is 0 Å². The number of esters is 1. The van der Waals surface area contributed by atoms with Gasteiger partial charge in [0.25, 0.3) is 0 Å². The van der Waals surface area contributed by atoms with Crippen molar-refractivity contribution in [3.63, 3.8) is 0 Å². The molecule has 0 radical (unpaired) electrons. The Bertz CT molecular complexity index is 845. The van der Waals surface area contributed by atoms with Crippen molar-refractivity contribution in [2.24, 2.45) is 0 Å². The van der Waals surface area contributed by atoms with E-state index < -0.39 is 0 Å². The lowest BCUT2D eigenvalue weighted by Gasteiger charge is -2.08. The minimum absolute atomic E-state index is 0.323. The van der Waals surface area contributed by atoms with E-state index in [4.69, 9.17) is 4.74 Å². The molecule has 0 atom stereocenters. The highest BCUT2D eigenvalue weighted by Crippen LogP contribution is 2.19. The van der Waals surface area contributed by atoms with E-state index in [0.717, 1.165) is 22.2 Å². The summed E-state index contributed by atoms with van der Waals surface area (Å²) in [6.45, 7) is 4.17.